The van der Waals surface area contributed by atoms with Crippen molar-refractivity contribution in [2.45, 2.75) is 19.5 Å². The molecule has 1 fully saturated rings. The molecule has 0 radical (unpaired) electrons. The largest absolute Gasteiger partial charge is 0.357 e. The van der Waals surface area contributed by atoms with Crippen molar-refractivity contribution in [2.75, 3.05) is 26.7 Å². The molecule has 1 aliphatic rings. The Hall–Kier alpha value is -1.89. The van der Waals surface area contributed by atoms with Crippen LogP contribution < -0.4 is 5.32 Å². The summed E-state index contributed by atoms with van der Waals surface area (Å²) in [7, 11) is 3.54. The van der Waals surface area contributed by atoms with Gasteiger partial charge in [-0.2, -0.15) is 0 Å². The van der Waals surface area contributed by atoms with Gasteiger partial charge < -0.3 is 14.8 Å². The average molecular weight is 279 g/mol. The van der Waals surface area contributed by atoms with Gasteiger partial charge in [0, 0.05) is 53.0 Å². The molecular formula is C13H21N5O2. The van der Waals surface area contributed by atoms with Crippen LogP contribution in [-0.4, -0.2) is 63.9 Å². The van der Waals surface area contributed by atoms with Gasteiger partial charge in [-0.25, -0.2) is 4.98 Å². The molecule has 7 nitrogen and oxygen atoms in total. The molecule has 1 aliphatic heterocycles. The summed E-state index contributed by atoms with van der Waals surface area (Å²) in [6.45, 7) is 4.04. The van der Waals surface area contributed by atoms with Gasteiger partial charge in [0.2, 0.25) is 11.8 Å². The van der Waals surface area contributed by atoms with Gasteiger partial charge in [-0.15, -0.1) is 0 Å². The highest BCUT2D eigenvalue weighted by Gasteiger charge is 2.33. The van der Waals surface area contributed by atoms with Crippen LogP contribution in [0, 0.1) is 0 Å². The zero-order valence-corrected chi connectivity index (χ0v) is 12.2. The molecule has 0 spiro atoms. The van der Waals surface area contributed by atoms with E-state index in [4.69, 9.17) is 0 Å². The van der Waals surface area contributed by atoms with E-state index in [1.807, 2.05) is 17.8 Å². The van der Waals surface area contributed by atoms with Crippen LogP contribution in [0.5, 0.6) is 0 Å². The Morgan fingerprint density at radius 2 is 2.20 bits per heavy atom. The van der Waals surface area contributed by atoms with Crippen LogP contribution in [0.15, 0.2) is 12.4 Å². The molecule has 1 aromatic heterocycles. The summed E-state index contributed by atoms with van der Waals surface area (Å²) in [6.07, 6.45) is 3.66. The minimum absolute atomic E-state index is 0.0600. The molecule has 0 aliphatic carbocycles. The predicted octanol–water partition coefficient (Wildman–Crippen LogP) is -0.801. The van der Waals surface area contributed by atoms with Gasteiger partial charge in [-0.05, 0) is 0 Å². The number of rotatable bonds is 3. The van der Waals surface area contributed by atoms with E-state index in [9.17, 15) is 9.59 Å². The van der Waals surface area contributed by atoms with Crippen molar-refractivity contribution in [3.8, 4) is 0 Å². The van der Waals surface area contributed by atoms with Gasteiger partial charge in [0.15, 0.2) is 0 Å². The second kappa shape index (κ2) is 6.04. The van der Waals surface area contributed by atoms with Crippen molar-refractivity contribution in [3.63, 3.8) is 0 Å². The zero-order valence-electron chi connectivity index (χ0n) is 12.2. The zero-order chi connectivity index (χ0) is 14.7. The predicted molar refractivity (Wildman–Crippen MR) is 73.7 cm³/mol. The maximum atomic E-state index is 11.9. The maximum absolute atomic E-state index is 11.9. The first-order valence-electron chi connectivity index (χ1n) is 6.70. The highest BCUT2D eigenvalue weighted by Crippen LogP contribution is 2.13. The number of carbonyl (C=O) groups is 2. The van der Waals surface area contributed by atoms with E-state index in [-0.39, 0.29) is 11.8 Å². The molecule has 7 heteroatoms. The number of piperazine rings is 1. The SMILES string of the molecule is CNC(=O)[C@@H]1CN(Cc2nccn2C)CCN1C(C)=O. The van der Waals surface area contributed by atoms with Crippen LogP contribution in [0.2, 0.25) is 0 Å². The molecular weight excluding hydrogens is 258 g/mol. The van der Waals surface area contributed by atoms with E-state index in [1.165, 1.54) is 6.92 Å². The van der Waals surface area contributed by atoms with Crippen LogP contribution in [0.1, 0.15) is 12.7 Å². The molecule has 2 rings (SSSR count). The molecule has 0 unspecified atom stereocenters. The number of amides is 2. The molecule has 1 atom stereocenters. The van der Waals surface area contributed by atoms with Gasteiger partial charge >= 0.3 is 0 Å². The summed E-state index contributed by atoms with van der Waals surface area (Å²) in [5.74, 6) is 0.775. The lowest BCUT2D eigenvalue weighted by Crippen LogP contribution is -2.59. The number of hydrogen-bond acceptors (Lipinski definition) is 4. The van der Waals surface area contributed by atoms with Crippen molar-refractivity contribution < 1.29 is 9.59 Å². The van der Waals surface area contributed by atoms with E-state index < -0.39 is 6.04 Å². The fourth-order valence-corrected chi connectivity index (χ4v) is 2.50. The van der Waals surface area contributed by atoms with Crippen molar-refractivity contribution >= 4 is 11.8 Å². The first kappa shape index (κ1) is 14.5. The Labute approximate surface area is 118 Å². The Kier molecular flexibility index (Phi) is 4.39. The Morgan fingerprint density at radius 1 is 1.45 bits per heavy atom. The summed E-state index contributed by atoms with van der Waals surface area (Å²) in [6, 6.07) is -0.425. The van der Waals surface area contributed by atoms with Gasteiger partial charge in [0.25, 0.3) is 0 Å². The highest BCUT2D eigenvalue weighted by molar-refractivity contribution is 5.87. The van der Waals surface area contributed by atoms with Crippen molar-refractivity contribution in [3.05, 3.63) is 18.2 Å². The lowest BCUT2D eigenvalue weighted by atomic mass is 10.1. The second-order valence-electron chi connectivity index (χ2n) is 5.03. The van der Waals surface area contributed by atoms with E-state index >= 15 is 0 Å². The second-order valence-corrected chi connectivity index (χ2v) is 5.03. The minimum Gasteiger partial charge on any atom is -0.357 e. The monoisotopic (exact) mass is 279 g/mol. The fourth-order valence-electron chi connectivity index (χ4n) is 2.50. The lowest BCUT2D eigenvalue weighted by Gasteiger charge is -2.39. The summed E-state index contributed by atoms with van der Waals surface area (Å²) < 4.78 is 1.96. The van der Waals surface area contributed by atoms with Crippen molar-refractivity contribution in [1.29, 1.82) is 0 Å². The number of aromatic nitrogens is 2. The van der Waals surface area contributed by atoms with E-state index in [0.717, 1.165) is 12.4 Å². The van der Waals surface area contributed by atoms with E-state index in [2.05, 4.69) is 15.2 Å². The molecule has 1 saturated heterocycles. The first-order chi connectivity index (χ1) is 9.52. The van der Waals surface area contributed by atoms with E-state index in [0.29, 0.717) is 19.6 Å². The summed E-state index contributed by atoms with van der Waals surface area (Å²) in [5.41, 5.74) is 0. The van der Waals surface area contributed by atoms with Gasteiger partial charge in [0.05, 0.1) is 6.54 Å². The highest BCUT2D eigenvalue weighted by atomic mass is 16.2. The Bertz CT molecular complexity index is 499. The third kappa shape index (κ3) is 2.98. The lowest BCUT2D eigenvalue weighted by molar-refractivity contribution is -0.142. The standard InChI is InChI=1S/C13H21N5O2/c1-10(19)18-7-6-17(8-11(18)13(20)14-2)9-12-15-4-5-16(12)3/h4-5,11H,6-9H2,1-3H3,(H,14,20)/t11-/m0/s1. The molecule has 0 aromatic carbocycles. The van der Waals surface area contributed by atoms with Gasteiger partial charge in [-0.3, -0.25) is 14.5 Å². The quantitative estimate of drug-likeness (QED) is 0.786. The third-order valence-electron chi connectivity index (χ3n) is 3.70. The smallest absolute Gasteiger partial charge is 0.243 e. The molecule has 0 bridgehead atoms. The number of aryl methyl sites for hydroxylation is 1. The normalized spacial score (nSPS) is 19.9. The number of nitrogens with zero attached hydrogens (tertiary/aromatic N) is 4. The first-order valence-corrected chi connectivity index (χ1v) is 6.70. The molecule has 2 amide bonds. The van der Waals surface area contributed by atoms with Gasteiger partial charge in [-0.1, -0.05) is 0 Å². The number of likely N-dealkylation sites (N-methyl/N-ethyl adjacent to an activating group) is 1. The Morgan fingerprint density at radius 3 is 2.75 bits per heavy atom. The molecule has 2 heterocycles. The summed E-state index contributed by atoms with van der Waals surface area (Å²) >= 11 is 0. The van der Waals surface area contributed by atoms with Crippen LogP contribution in [0.4, 0.5) is 0 Å². The number of carbonyl (C=O) groups excluding carboxylic acids is 2. The van der Waals surface area contributed by atoms with Crippen molar-refractivity contribution in [1.82, 2.24) is 24.7 Å². The van der Waals surface area contributed by atoms with Gasteiger partial charge in [0.1, 0.15) is 11.9 Å². The van der Waals surface area contributed by atoms with E-state index in [1.54, 1.807) is 18.1 Å². The van der Waals surface area contributed by atoms with Crippen LogP contribution >= 0.6 is 0 Å². The number of hydrogen-bond donors (Lipinski definition) is 1. The number of nitrogens with one attached hydrogen (secondary N) is 1. The van der Waals surface area contributed by atoms with Crippen LogP contribution in [0.25, 0.3) is 0 Å². The number of imidazole rings is 1. The molecule has 0 saturated carbocycles. The fraction of sp³-hybridized carbons (Fsp3) is 0.615. The topological polar surface area (TPSA) is 70.5 Å². The maximum Gasteiger partial charge on any atom is 0.243 e. The summed E-state index contributed by atoms with van der Waals surface area (Å²) in [5, 5.41) is 2.63. The van der Waals surface area contributed by atoms with Crippen LogP contribution in [-0.2, 0) is 23.2 Å². The van der Waals surface area contributed by atoms with Crippen molar-refractivity contribution in [2.24, 2.45) is 7.05 Å². The molecule has 1 aromatic rings. The molecule has 20 heavy (non-hydrogen) atoms. The minimum atomic E-state index is -0.425. The average Bonchev–Trinajstić information content (AvgIpc) is 2.83. The summed E-state index contributed by atoms with van der Waals surface area (Å²) in [4.78, 5) is 31.6. The van der Waals surface area contributed by atoms with Crippen LogP contribution in [0.3, 0.4) is 0 Å². The molecule has 1 N–H and O–H groups in total. The Balaban J connectivity index is 2.06. The molecule has 110 valence electrons. The third-order valence-corrected chi connectivity index (χ3v) is 3.70.